The number of aromatic amines is 1. The van der Waals surface area contributed by atoms with Crippen molar-refractivity contribution in [1.82, 2.24) is 15.4 Å². The Labute approximate surface area is 91.4 Å². The SMILES string of the molecule is COc1ccc(F)cc1C(N)c1cn[nH]n1. The van der Waals surface area contributed by atoms with Gasteiger partial charge in [0.2, 0.25) is 0 Å². The van der Waals surface area contributed by atoms with Crippen molar-refractivity contribution in [1.29, 1.82) is 0 Å². The third-order valence-electron chi connectivity index (χ3n) is 2.28. The van der Waals surface area contributed by atoms with Gasteiger partial charge in [0, 0.05) is 5.56 Å². The lowest BCUT2D eigenvalue weighted by Gasteiger charge is -2.13. The average molecular weight is 222 g/mol. The Morgan fingerprint density at radius 1 is 1.50 bits per heavy atom. The second-order valence-corrected chi connectivity index (χ2v) is 3.26. The van der Waals surface area contributed by atoms with Crippen molar-refractivity contribution >= 4 is 0 Å². The summed E-state index contributed by atoms with van der Waals surface area (Å²) < 4.78 is 18.2. The number of H-pyrrole nitrogens is 1. The molecule has 0 spiro atoms. The van der Waals surface area contributed by atoms with Crippen LogP contribution in [0.15, 0.2) is 24.4 Å². The summed E-state index contributed by atoms with van der Waals surface area (Å²) in [5.41, 5.74) is 7.01. The van der Waals surface area contributed by atoms with Gasteiger partial charge in [0.05, 0.1) is 19.3 Å². The van der Waals surface area contributed by atoms with Gasteiger partial charge in [-0.1, -0.05) is 0 Å². The Kier molecular flexibility index (Phi) is 2.82. The van der Waals surface area contributed by atoms with E-state index in [1.807, 2.05) is 0 Å². The smallest absolute Gasteiger partial charge is 0.124 e. The molecular weight excluding hydrogens is 211 g/mol. The maximum absolute atomic E-state index is 13.1. The minimum absolute atomic E-state index is 0.366. The molecule has 84 valence electrons. The number of nitrogens with two attached hydrogens (primary N) is 1. The molecule has 1 aromatic carbocycles. The van der Waals surface area contributed by atoms with Crippen LogP contribution in [0.5, 0.6) is 5.75 Å². The van der Waals surface area contributed by atoms with E-state index in [9.17, 15) is 4.39 Å². The van der Waals surface area contributed by atoms with Gasteiger partial charge in [-0.3, -0.25) is 0 Å². The van der Waals surface area contributed by atoms with Crippen molar-refractivity contribution in [3.8, 4) is 5.75 Å². The molecular formula is C10H11FN4O. The van der Waals surface area contributed by atoms with E-state index < -0.39 is 6.04 Å². The first kappa shape index (κ1) is 10.6. The zero-order valence-corrected chi connectivity index (χ0v) is 8.64. The zero-order valence-electron chi connectivity index (χ0n) is 8.64. The highest BCUT2D eigenvalue weighted by molar-refractivity contribution is 5.39. The summed E-state index contributed by atoms with van der Waals surface area (Å²) in [6.45, 7) is 0. The van der Waals surface area contributed by atoms with Gasteiger partial charge < -0.3 is 10.5 Å². The Morgan fingerprint density at radius 2 is 2.31 bits per heavy atom. The van der Waals surface area contributed by atoms with Crippen LogP contribution in [-0.4, -0.2) is 22.5 Å². The lowest BCUT2D eigenvalue weighted by Crippen LogP contribution is -2.14. The topological polar surface area (TPSA) is 76.8 Å². The van der Waals surface area contributed by atoms with Crippen LogP contribution >= 0.6 is 0 Å². The average Bonchev–Trinajstić information content (AvgIpc) is 2.81. The minimum atomic E-state index is -0.565. The van der Waals surface area contributed by atoms with E-state index in [1.54, 1.807) is 0 Å². The molecule has 0 saturated carbocycles. The number of halogens is 1. The van der Waals surface area contributed by atoms with Gasteiger partial charge >= 0.3 is 0 Å². The molecule has 1 aromatic heterocycles. The first-order valence-electron chi connectivity index (χ1n) is 4.67. The molecule has 2 rings (SSSR count). The van der Waals surface area contributed by atoms with Gasteiger partial charge in [-0.15, -0.1) is 0 Å². The van der Waals surface area contributed by atoms with Crippen molar-refractivity contribution in [2.45, 2.75) is 6.04 Å². The van der Waals surface area contributed by atoms with Crippen LogP contribution in [0.4, 0.5) is 4.39 Å². The molecule has 1 atom stereocenters. The highest BCUT2D eigenvalue weighted by Crippen LogP contribution is 2.27. The zero-order chi connectivity index (χ0) is 11.5. The molecule has 0 fully saturated rings. The molecule has 0 saturated heterocycles. The van der Waals surface area contributed by atoms with Crippen LogP contribution in [0.1, 0.15) is 17.3 Å². The summed E-state index contributed by atoms with van der Waals surface area (Å²) in [4.78, 5) is 0. The molecule has 0 amide bonds. The van der Waals surface area contributed by atoms with Gasteiger partial charge in [-0.05, 0) is 18.2 Å². The van der Waals surface area contributed by atoms with Crippen molar-refractivity contribution in [2.24, 2.45) is 5.73 Å². The summed E-state index contributed by atoms with van der Waals surface area (Å²) >= 11 is 0. The van der Waals surface area contributed by atoms with E-state index in [0.29, 0.717) is 17.0 Å². The van der Waals surface area contributed by atoms with E-state index in [4.69, 9.17) is 10.5 Å². The van der Waals surface area contributed by atoms with Crippen LogP contribution in [-0.2, 0) is 0 Å². The van der Waals surface area contributed by atoms with Crippen molar-refractivity contribution < 1.29 is 9.13 Å². The predicted octanol–water partition coefficient (Wildman–Crippen LogP) is 1.00. The van der Waals surface area contributed by atoms with Crippen LogP contribution < -0.4 is 10.5 Å². The first-order chi connectivity index (χ1) is 7.72. The number of nitrogens with one attached hydrogen (secondary N) is 1. The third kappa shape index (κ3) is 1.87. The Morgan fingerprint density at radius 3 is 2.94 bits per heavy atom. The number of hydrogen-bond acceptors (Lipinski definition) is 4. The minimum Gasteiger partial charge on any atom is -0.496 e. The van der Waals surface area contributed by atoms with Crippen LogP contribution in [0.3, 0.4) is 0 Å². The lowest BCUT2D eigenvalue weighted by atomic mass is 10.0. The van der Waals surface area contributed by atoms with E-state index in [0.717, 1.165) is 0 Å². The summed E-state index contributed by atoms with van der Waals surface area (Å²) in [7, 11) is 1.51. The summed E-state index contributed by atoms with van der Waals surface area (Å²) in [6.07, 6.45) is 1.50. The van der Waals surface area contributed by atoms with Gasteiger partial charge in [0.25, 0.3) is 0 Å². The molecule has 3 N–H and O–H groups in total. The van der Waals surface area contributed by atoms with E-state index in [1.165, 1.54) is 31.5 Å². The van der Waals surface area contributed by atoms with Crippen LogP contribution in [0, 0.1) is 5.82 Å². The summed E-state index contributed by atoms with van der Waals surface area (Å²) in [6, 6.07) is 3.62. The Bertz CT molecular complexity index is 472. The molecule has 6 heteroatoms. The number of aromatic nitrogens is 3. The molecule has 1 heterocycles. The standard InChI is InChI=1S/C10H11FN4O/c1-16-9-3-2-6(11)4-7(9)10(12)8-5-13-15-14-8/h2-5,10H,12H2,1H3,(H,13,14,15). The maximum atomic E-state index is 13.1. The van der Waals surface area contributed by atoms with Crippen LogP contribution in [0.25, 0.3) is 0 Å². The van der Waals surface area contributed by atoms with Gasteiger partial charge in [0.1, 0.15) is 17.3 Å². The largest absolute Gasteiger partial charge is 0.496 e. The highest BCUT2D eigenvalue weighted by atomic mass is 19.1. The number of nitrogens with zero attached hydrogens (tertiary/aromatic N) is 2. The number of rotatable bonds is 3. The molecule has 0 radical (unpaired) electrons. The van der Waals surface area contributed by atoms with Gasteiger partial charge in [-0.25, -0.2) is 4.39 Å². The number of benzene rings is 1. The fraction of sp³-hybridized carbons (Fsp3) is 0.200. The van der Waals surface area contributed by atoms with Crippen molar-refractivity contribution in [3.05, 3.63) is 41.5 Å². The number of methoxy groups -OCH3 is 1. The van der Waals surface area contributed by atoms with Crippen molar-refractivity contribution in [2.75, 3.05) is 7.11 Å². The second-order valence-electron chi connectivity index (χ2n) is 3.26. The van der Waals surface area contributed by atoms with Gasteiger partial charge in [-0.2, -0.15) is 15.4 Å². The maximum Gasteiger partial charge on any atom is 0.124 e. The third-order valence-corrected chi connectivity index (χ3v) is 2.28. The summed E-state index contributed by atoms with van der Waals surface area (Å²) in [5, 5.41) is 9.97. The van der Waals surface area contributed by atoms with E-state index >= 15 is 0 Å². The Balaban J connectivity index is 2.42. The number of ether oxygens (including phenoxy) is 1. The molecule has 0 aliphatic rings. The lowest BCUT2D eigenvalue weighted by molar-refractivity contribution is 0.406. The van der Waals surface area contributed by atoms with Crippen molar-refractivity contribution in [3.63, 3.8) is 0 Å². The second kappa shape index (κ2) is 4.28. The van der Waals surface area contributed by atoms with Gasteiger partial charge in [0.15, 0.2) is 0 Å². The van der Waals surface area contributed by atoms with E-state index in [-0.39, 0.29) is 5.82 Å². The molecule has 0 aliphatic carbocycles. The normalized spacial score (nSPS) is 12.4. The quantitative estimate of drug-likeness (QED) is 0.812. The Hall–Kier alpha value is -1.95. The summed E-state index contributed by atoms with van der Waals surface area (Å²) in [5.74, 6) is 0.159. The highest BCUT2D eigenvalue weighted by Gasteiger charge is 2.17. The molecule has 5 nitrogen and oxygen atoms in total. The monoisotopic (exact) mass is 222 g/mol. The number of hydrogen-bond donors (Lipinski definition) is 2. The molecule has 1 unspecified atom stereocenters. The molecule has 0 aliphatic heterocycles. The molecule has 16 heavy (non-hydrogen) atoms. The molecule has 2 aromatic rings. The van der Waals surface area contributed by atoms with E-state index in [2.05, 4.69) is 15.4 Å². The first-order valence-corrected chi connectivity index (χ1v) is 4.67. The fourth-order valence-electron chi connectivity index (χ4n) is 1.47. The predicted molar refractivity (Wildman–Crippen MR) is 55.4 cm³/mol. The van der Waals surface area contributed by atoms with Crippen LogP contribution in [0.2, 0.25) is 0 Å². The molecule has 0 bridgehead atoms. The fourth-order valence-corrected chi connectivity index (χ4v) is 1.47.